The van der Waals surface area contributed by atoms with E-state index in [9.17, 15) is 4.79 Å². The van der Waals surface area contributed by atoms with Gasteiger partial charge in [-0.25, -0.2) is 0 Å². The number of benzene rings is 1. The number of carbonyl (C=O) groups is 1. The van der Waals surface area contributed by atoms with Crippen molar-refractivity contribution in [2.24, 2.45) is 0 Å². The zero-order valence-electron chi connectivity index (χ0n) is 11.6. The van der Waals surface area contributed by atoms with Crippen LogP contribution in [0.2, 0.25) is 0 Å². The molecule has 102 valence electrons. The maximum atomic E-state index is 12.5. The maximum absolute atomic E-state index is 12.5. The molecule has 0 fully saturated rings. The molecule has 0 aliphatic rings. The Bertz CT molecular complexity index is 641. The molecule has 1 aromatic carbocycles. The van der Waals surface area contributed by atoms with Gasteiger partial charge in [0.1, 0.15) is 0 Å². The second-order valence-corrected chi connectivity index (χ2v) is 5.56. The zero-order valence-corrected chi connectivity index (χ0v) is 12.4. The van der Waals surface area contributed by atoms with Crippen LogP contribution in [0.25, 0.3) is 0 Å². The molecule has 1 heterocycles. The number of thiophene rings is 1. The number of hydrogen-bond acceptors (Lipinski definition) is 3. The molecular weight excluding hydrogens is 268 g/mol. The molecule has 1 amide bonds. The molecule has 1 aromatic heterocycles. The summed E-state index contributed by atoms with van der Waals surface area (Å²) in [5, 5.41) is 10.7. The summed E-state index contributed by atoms with van der Waals surface area (Å²) in [5.41, 5.74) is 3.18. The van der Waals surface area contributed by atoms with Crippen LogP contribution in [-0.2, 0) is 0 Å². The molecule has 4 heteroatoms. The number of nitriles is 1. The Morgan fingerprint density at radius 1 is 1.30 bits per heavy atom. The molecule has 0 aliphatic heterocycles. The van der Waals surface area contributed by atoms with Gasteiger partial charge in [-0.3, -0.25) is 4.79 Å². The average Bonchev–Trinajstić information content (AvgIpc) is 2.97. The number of nitrogens with zero attached hydrogens (tertiary/aromatic N) is 2. The van der Waals surface area contributed by atoms with Crippen molar-refractivity contribution < 1.29 is 4.79 Å². The highest BCUT2D eigenvalue weighted by atomic mass is 32.1. The standard InChI is InChI=1S/C16H16N2OS/c1-12-6-7-14(11-13(12)2)18(9-4-8-17)16(19)15-5-3-10-20-15/h3,5-7,10-11H,4,9H2,1-2H3. The minimum Gasteiger partial charge on any atom is -0.307 e. The SMILES string of the molecule is Cc1ccc(N(CCC#N)C(=O)c2cccs2)cc1C. The van der Waals surface area contributed by atoms with Crippen LogP contribution in [0.5, 0.6) is 0 Å². The minimum absolute atomic E-state index is 0.0431. The molecule has 0 saturated heterocycles. The third-order valence-corrected chi connectivity index (χ3v) is 4.08. The Balaban J connectivity index is 2.34. The minimum atomic E-state index is -0.0431. The summed E-state index contributed by atoms with van der Waals surface area (Å²) < 4.78 is 0. The third kappa shape index (κ3) is 3.06. The van der Waals surface area contributed by atoms with Crippen molar-refractivity contribution in [1.29, 1.82) is 5.26 Å². The fourth-order valence-corrected chi connectivity index (χ4v) is 2.61. The molecule has 0 atom stereocenters. The van der Waals surface area contributed by atoms with Crippen molar-refractivity contribution in [2.45, 2.75) is 20.3 Å². The number of aryl methyl sites for hydroxylation is 2. The van der Waals surface area contributed by atoms with Gasteiger partial charge in [-0.1, -0.05) is 12.1 Å². The maximum Gasteiger partial charge on any atom is 0.268 e. The van der Waals surface area contributed by atoms with Crippen LogP contribution in [-0.4, -0.2) is 12.5 Å². The van der Waals surface area contributed by atoms with E-state index < -0.39 is 0 Å². The normalized spacial score (nSPS) is 10.1. The molecule has 0 N–H and O–H groups in total. The van der Waals surface area contributed by atoms with E-state index in [2.05, 4.69) is 6.07 Å². The Morgan fingerprint density at radius 2 is 2.10 bits per heavy atom. The van der Waals surface area contributed by atoms with Gasteiger partial charge in [-0.15, -0.1) is 11.3 Å². The first-order chi connectivity index (χ1) is 9.63. The Morgan fingerprint density at radius 3 is 2.70 bits per heavy atom. The highest BCUT2D eigenvalue weighted by Crippen LogP contribution is 2.22. The fourth-order valence-electron chi connectivity index (χ4n) is 1.94. The van der Waals surface area contributed by atoms with Crippen LogP contribution in [0.1, 0.15) is 27.2 Å². The third-order valence-electron chi connectivity index (χ3n) is 3.23. The number of carbonyl (C=O) groups excluding carboxylic acids is 1. The Kier molecular flexibility index (Phi) is 4.54. The molecule has 2 rings (SSSR count). The van der Waals surface area contributed by atoms with Gasteiger partial charge in [0.2, 0.25) is 0 Å². The van der Waals surface area contributed by atoms with Crippen LogP contribution in [0.4, 0.5) is 5.69 Å². The molecule has 0 aliphatic carbocycles. The van der Waals surface area contributed by atoms with Crippen LogP contribution < -0.4 is 4.90 Å². The summed E-state index contributed by atoms with van der Waals surface area (Å²) in [6.07, 6.45) is 0.323. The van der Waals surface area contributed by atoms with Gasteiger partial charge in [-0.2, -0.15) is 5.26 Å². The molecular formula is C16H16N2OS. The molecule has 3 nitrogen and oxygen atoms in total. The first-order valence-corrected chi connectivity index (χ1v) is 7.31. The zero-order chi connectivity index (χ0) is 14.5. The van der Waals surface area contributed by atoms with Gasteiger partial charge in [-0.05, 0) is 48.6 Å². The quantitative estimate of drug-likeness (QED) is 0.854. The van der Waals surface area contributed by atoms with E-state index in [1.165, 1.54) is 16.9 Å². The second kappa shape index (κ2) is 6.36. The predicted octanol–water partition coefficient (Wildman–Crippen LogP) is 3.93. The van der Waals surface area contributed by atoms with Gasteiger partial charge in [0, 0.05) is 12.2 Å². The lowest BCUT2D eigenvalue weighted by molar-refractivity contribution is 0.0991. The van der Waals surface area contributed by atoms with Crippen LogP contribution in [0, 0.1) is 25.2 Å². The molecule has 20 heavy (non-hydrogen) atoms. The van der Waals surface area contributed by atoms with E-state index >= 15 is 0 Å². The summed E-state index contributed by atoms with van der Waals surface area (Å²) in [4.78, 5) is 14.9. The second-order valence-electron chi connectivity index (χ2n) is 4.61. The highest BCUT2D eigenvalue weighted by molar-refractivity contribution is 7.12. The number of anilines is 1. The summed E-state index contributed by atoms with van der Waals surface area (Å²) in [7, 11) is 0. The number of rotatable bonds is 4. The summed E-state index contributed by atoms with van der Waals surface area (Å²) in [6.45, 7) is 4.48. The van der Waals surface area contributed by atoms with Crippen LogP contribution >= 0.6 is 11.3 Å². The van der Waals surface area contributed by atoms with E-state index in [0.717, 1.165) is 11.3 Å². The molecule has 0 spiro atoms. The van der Waals surface area contributed by atoms with Crippen LogP contribution in [0.3, 0.4) is 0 Å². The fraction of sp³-hybridized carbons (Fsp3) is 0.250. The lowest BCUT2D eigenvalue weighted by Gasteiger charge is -2.22. The smallest absolute Gasteiger partial charge is 0.268 e. The predicted molar refractivity (Wildman–Crippen MR) is 82.1 cm³/mol. The van der Waals surface area contributed by atoms with E-state index in [1.807, 2.05) is 49.6 Å². The number of hydrogen-bond donors (Lipinski definition) is 0. The van der Waals surface area contributed by atoms with Gasteiger partial charge in [0.05, 0.1) is 17.4 Å². The molecule has 0 radical (unpaired) electrons. The van der Waals surface area contributed by atoms with E-state index in [-0.39, 0.29) is 5.91 Å². The van der Waals surface area contributed by atoms with Crippen molar-refractivity contribution >= 4 is 22.9 Å². The van der Waals surface area contributed by atoms with Gasteiger partial charge in [0.25, 0.3) is 5.91 Å². The van der Waals surface area contributed by atoms with E-state index in [1.54, 1.807) is 4.90 Å². The summed E-state index contributed by atoms with van der Waals surface area (Å²) in [6, 6.07) is 11.7. The average molecular weight is 284 g/mol. The Hall–Kier alpha value is -2.12. The van der Waals surface area contributed by atoms with Crippen molar-refractivity contribution in [1.82, 2.24) is 0 Å². The Labute approximate surface area is 123 Å². The first-order valence-electron chi connectivity index (χ1n) is 6.43. The monoisotopic (exact) mass is 284 g/mol. The summed E-state index contributed by atoms with van der Waals surface area (Å²) >= 11 is 1.42. The van der Waals surface area contributed by atoms with Gasteiger partial charge >= 0.3 is 0 Å². The highest BCUT2D eigenvalue weighted by Gasteiger charge is 2.18. The largest absolute Gasteiger partial charge is 0.307 e. The molecule has 0 bridgehead atoms. The molecule has 0 unspecified atom stereocenters. The molecule has 2 aromatic rings. The first kappa shape index (κ1) is 14.3. The summed E-state index contributed by atoms with van der Waals surface area (Å²) in [5.74, 6) is -0.0431. The van der Waals surface area contributed by atoms with Crippen molar-refractivity contribution in [2.75, 3.05) is 11.4 Å². The van der Waals surface area contributed by atoms with Crippen molar-refractivity contribution in [3.8, 4) is 6.07 Å². The van der Waals surface area contributed by atoms with E-state index in [4.69, 9.17) is 5.26 Å². The number of amides is 1. The molecule has 0 saturated carbocycles. The van der Waals surface area contributed by atoms with Crippen LogP contribution in [0.15, 0.2) is 35.7 Å². The lowest BCUT2D eigenvalue weighted by Crippen LogP contribution is -2.31. The topological polar surface area (TPSA) is 44.1 Å². The van der Waals surface area contributed by atoms with E-state index in [0.29, 0.717) is 17.8 Å². The van der Waals surface area contributed by atoms with Gasteiger partial charge < -0.3 is 4.90 Å². The van der Waals surface area contributed by atoms with Crippen molar-refractivity contribution in [3.63, 3.8) is 0 Å². The lowest BCUT2D eigenvalue weighted by atomic mass is 10.1. The van der Waals surface area contributed by atoms with Gasteiger partial charge in [0.15, 0.2) is 0 Å². The van der Waals surface area contributed by atoms with Crippen molar-refractivity contribution in [3.05, 3.63) is 51.7 Å².